The SMILES string of the molecule is CCC1CC1(NC(=O)C1CC(Oc2cc(-c3nc(C(C)C)cs3)nc3c(C)c(OC)ccc23)CN1C(=O)C(Nc1ccc(F)c(C(F)(F)F)c1)C(C)(C)C)C(=O)NS(=O)(=O)C1CC1. The van der Waals surface area contributed by atoms with Crippen LogP contribution >= 0.6 is 11.3 Å². The molecule has 1 saturated heterocycles. The Kier molecular flexibility index (Phi) is 12.3. The van der Waals surface area contributed by atoms with Crippen molar-refractivity contribution in [3.8, 4) is 22.2 Å². The number of pyridine rings is 1. The van der Waals surface area contributed by atoms with Gasteiger partial charge in [-0.2, -0.15) is 13.2 Å². The largest absolute Gasteiger partial charge is 0.496 e. The van der Waals surface area contributed by atoms with Gasteiger partial charge in [0, 0.05) is 34.5 Å². The number of thiazole rings is 1. The third-order valence-electron chi connectivity index (χ3n) is 12.1. The summed E-state index contributed by atoms with van der Waals surface area (Å²) in [6.07, 6.45) is -4.49. The van der Waals surface area contributed by atoms with Gasteiger partial charge >= 0.3 is 6.18 Å². The number of nitrogens with one attached hydrogen (secondary N) is 3. The average Bonchev–Trinajstić information content (AvgIpc) is 4.09. The number of amides is 3. The number of methoxy groups -OCH3 is 1. The minimum absolute atomic E-state index is 0.0822. The molecule has 3 heterocycles. The fraction of sp³-hybridized carbons (Fsp3) is 0.523. The van der Waals surface area contributed by atoms with E-state index in [1.54, 1.807) is 46.1 Å². The van der Waals surface area contributed by atoms with E-state index in [4.69, 9.17) is 19.4 Å². The highest BCUT2D eigenvalue weighted by Gasteiger charge is 2.62. The molecule has 2 saturated carbocycles. The first kappa shape index (κ1) is 46.0. The molecular formula is C44H52F4N6O7S2. The number of fused-ring (bicyclic) bond motifs is 1. The van der Waals surface area contributed by atoms with Crippen LogP contribution in [0.25, 0.3) is 21.6 Å². The molecule has 5 unspecified atom stereocenters. The molecule has 5 atom stereocenters. The summed E-state index contributed by atoms with van der Waals surface area (Å²) in [4.78, 5) is 54.3. The summed E-state index contributed by atoms with van der Waals surface area (Å²) >= 11 is 1.42. The van der Waals surface area contributed by atoms with Crippen molar-refractivity contribution in [2.24, 2.45) is 11.3 Å². The summed E-state index contributed by atoms with van der Waals surface area (Å²) in [6, 6.07) is 5.14. The monoisotopic (exact) mass is 916 g/mol. The number of aryl methyl sites for hydroxylation is 1. The van der Waals surface area contributed by atoms with Crippen molar-refractivity contribution in [3.05, 3.63) is 64.4 Å². The minimum atomic E-state index is -5.01. The van der Waals surface area contributed by atoms with Crippen LogP contribution in [0.5, 0.6) is 11.5 Å². The van der Waals surface area contributed by atoms with Gasteiger partial charge in [0.1, 0.15) is 51.7 Å². The van der Waals surface area contributed by atoms with E-state index in [-0.39, 0.29) is 36.9 Å². The van der Waals surface area contributed by atoms with Crippen molar-refractivity contribution in [2.75, 3.05) is 19.0 Å². The first-order chi connectivity index (χ1) is 29.5. The Morgan fingerprint density at radius 2 is 1.76 bits per heavy atom. The van der Waals surface area contributed by atoms with E-state index in [0.29, 0.717) is 64.5 Å². The van der Waals surface area contributed by atoms with E-state index in [1.807, 2.05) is 33.1 Å². The predicted molar refractivity (Wildman–Crippen MR) is 230 cm³/mol. The van der Waals surface area contributed by atoms with Gasteiger partial charge in [-0.1, -0.05) is 48.0 Å². The summed E-state index contributed by atoms with van der Waals surface area (Å²) in [6.45, 7) is 12.6. The number of likely N-dealkylation sites (tertiary alicyclic amines) is 1. The second-order valence-electron chi connectivity index (χ2n) is 18.1. The Morgan fingerprint density at radius 3 is 2.35 bits per heavy atom. The van der Waals surface area contributed by atoms with Gasteiger partial charge < -0.3 is 25.0 Å². The summed E-state index contributed by atoms with van der Waals surface area (Å²) in [5.41, 5.74) is -1.52. The fourth-order valence-electron chi connectivity index (χ4n) is 8.14. The average molecular weight is 917 g/mol. The van der Waals surface area contributed by atoms with E-state index >= 15 is 0 Å². The highest BCUT2D eigenvalue weighted by molar-refractivity contribution is 7.91. The van der Waals surface area contributed by atoms with Gasteiger partial charge in [0.15, 0.2) is 0 Å². The number of benzene rings is 2. The number of ether oxygens (including phenoxy) is 2. The molecule has 3 amide bonds. The number of rotatable bonds is 14. The summed E-state index contributed by atoms with van der Waals surface area (Å²) in [5, 5.41) is 8.24. The van der Waals surface area contributed by atoms with Crippen molar-refractivity contribution in [2.45, 2.75) is 122 Å². The van der Waals surface area contributed by atoms with Crippen LogP contribution in [0.2, 0.25) is 0 Å². The lowest BCUT2D eigenvalue weighted by molar-refractivity contribution is -0.141. The number of carbonyl (C=O) groups excluding carboxylic acids is 3. The zero-order chi connectivity index (χ0) is 46.0. The number of sulfonamides is 1. The van der Waals surface area contributed by atoms with Gasteiger partial charge in [-0.15, -0.1) is 11.3 Å². The van der Waals surface area contributed by atoms with Gasteiger partial charge in [-0.05, 0) is 73.8 Å². The van der Waals surface area contributed by atoms with E-state index in [0.717, 1.165) is 17.3 Å². The van der Waals surface area contributed by atoms with Crippen LogP contribution in [0, 0.1) is 24.1 Å². The molecule has 0 bridgehead atoms. The van der Waals surface area contributed by atoms with E-state index in [1.165, 1.54) is 16.2 Å². The van der Waals surface area contributed by atoms with E-state index < -0.39 is 79.7 Å². The van der Waals surface area contributed by atoms with Gasteiger partial charge in [-0.3, -0.25) is 19.1 Å². The van der Waals surface area contributed by atoms with Crippen LogP contribution in [0.1, 0.15) is 96.4 Å². The number of hydrogen-bond donors (Lipinski definition) is 3. The standard InChI is InChI=1S/C44H52F4N6O7S2/c1-9-24-19-43(24,41(57)53-63(58,59)27-11-12-27)52-38(55)33-17-26(20-54(33)40(56)37(42(5,6)7)49-25-10-14-30(45)29(16-25)44(46,47)48)61-35-18-31(39-51-32(21-62-39)22(2)3)50-36-23(4)34(60-8)15-13-28(35)36/h10,13-16,18,21-22,24,26-27,33,37,49H,9,11-12,17,19-20H2,1-8H3,(H,52,55)(H,53,57). The first-order valence-electron chi connectivity index (χ1n) is 20.9. The van der Waals surface area contributed by atoms with Crippen molar-refractivity contribution in [3.63, 3.8) is 0 Å². The maximum atomic E-state index is 14.9. The lowest BCUT2D eigenvalue weighted by atomic mass is 9.85. The maximum absolute atomic E-state index is 14.9. The molecule has 0 spiro atoms. The summed E-state index contributed by atoms with van der Waals surface area (Å²) in [5.74, 6) is -2.99. The predicted octanol–water partition coefficient (Wildman–Crippen LogP) is 7.73. The highest BCUT2D eigenvalue weighted by Crippen LogP contribution is 2.47. The molecule has 340 valence electrons. The second kappa shape index (κ2) is 16.8. The van der Waals surface area contributed by atoms with Crippen LogP contribution < -0.4 is 24.8 Å². The van der Waals surface area contributed by atoms with Crippen molar-refractivity contribution < 1.29 is 49.8 Å². The number of nitrogens with zero attached hydrogens (tertiary/aromatic N) is 3. The van der Waals surface area contributed by atoms with E-state index in [2.05, 4.69) is 15.4 Å². The molecule has 63 heavy (non-hydrogen) atoms. The van der Waals surface area contributed by atoms with Crippen molar-refractivity contribution in [1.29, 1.82) is 0 Å². The molecule has 2 aliphatic carbocycles. The Bertz CT molecular complexity index is 2560. The fourth-order valence-corrected chi connectivity index (χ4v) is 10.4. The Hall–Kier alpha value is -5.04. The molecular weight excluding hydrogens is 865 g/mol. The molecule has 4 aromatic rings. The topological polar surface area (TPSA) is 169 Å². The lowest BCUT2D eigenvalue weighted by Crippen LogP contribution is -2.58. The summed E-state index contributed by atoms with van der Waals surface area (Å²) < 4.78 is 96.0. The van der Waals surface area contributed by atoms with Crippen LogP contribution in [-0.4, -0.2) is 83.6 Å². The minimum Gasteiger partial charge on any atom is -0.496 e. The molecule has 7 rings (SSSR count). The molecule has 2 aromatic heterocycles. The number of aromatic nitrogens is 2. The lowest BCUT2D eigenvalue weighted by Gasteiger charge is -2.36. The van der Waals surface area contributed by atoms with Crippen molar-refractivity contribution >= 4 is 55.7 Å². The molecule has 3 aliphatic rings. The Labute approximate surface area is 367 Å². The second-order valence-corrected chi connectivity index (χ2v) is 20.9. The van der Waals surface area contributed by atoms with Gasteiger partial charge in [-0.25, -0.2) is 22.8 Å². The zero-order valence-corrected chi connectivity index (χ0v) is 37.9. The molecule has 3 N–H and O–H groups in total. The zero-order valence-electron chi connectivity index (χ0n) is 36.3. The van der Waals surface area contributed by atoms with Crippen molar-refractivity contribution in [1.82, 2.24) is 24.9 Å². The van der Waals surface area contributed by atoms with Crippen LogP contribution in [-0.2, 0) is 30.6 Å². The number of anilines is 1. The highest BCUT2D eigenvalue weighted by atomic mass is 32.2. The van der Waals surface area contributed by atoms with Crippen LogP contribution in [0.15, 0.2) is 41.8 Å². The molecule has 13 nitrogen and oxygen atoms in total. The molecule has 0 radical (unpaired) electrons. The Morgan fingerprint density at radius 1 is 1.05 bits per heavy atom. The number of halogens is 4. The maximum Gasteiger partial charge on any atom is 0.419 e. The number of hydrogen-bond acceptors (Lipinski definition) is 11. The van der Waals surface area contributed by atoms with Gasteiger partial charge in [0.05, 0.1) is 35.7 Å². The number of alkyl halides is 3. The number of carbonyl (C=O) groups is 3. The van der Waals surface area contributed by atoms with Crippen LogP contribution in [0.4, 0.5) is 23.2 Å². The molecule has 2 aromatic carbocycles. The molecule has 1 aliphatic heterocycles. The normalized spacial score (nSPS) is 21.9. The van der Waals surface area contributed by atoms with Crippen LogP contribution in [0.3, 0.4) is 0 Å². The molecule has 19 heteroatoms. The molecule has 3 fully saturated rings. The quantitative estimate of drug-likeness (QED) is 0.107. The first-order valence-corrected chi connectivity index (χ1v) is 23.3. The third-order valence-corrected chi connectivity index (χ3v) is 14.8. The smallest absolute Gasteiger partial charge is 0.419 e. The summed E-state index contributed by atoms with van der Waals surface area (Å²) in [7, 11) is -2.41. The van der Waals surface area contributed by atoms with Gasteiger partial charge in [0.2, 0.25) is 21.8 Å². The third kappa shape index (κ3) is 9.31. The Balaban J connectivity index is 1.26. The van der Waals surface area contributed by atoms with E-state index in [9.17, 15) is 40.4 Å². The van der Waals surface area contributed by atoms with Gasteiger partial charge in [0.25, 0.3) is 5.91 Å².